The molecule has 2 aromatic heterocycles. The van der Waals surface area contributed by atoms with E-state index in [-0.39, 0.29) is 11.5 Å². The summed E-state index contributed by atoms with van der Waals surface area (Å²) >= 11 is 6.88. The van der Waals surface area contributed by atoms with E-state index in [2.05, 4.69) is 26.7 Å². The van der Waals surface area contributed by atoms with Crippen LogP contribution in [0.1, 0.15) is 15.9 Å². The van der Waals surface area contributed by atoms with Gasteiger partial charge in [-0.05, 0) is 52.8 Å². The molecule has 1 saturated heterocycles. The zero-order valence-electron chi connectivity index (χ0n) is 15.0. The number of amides is 1. The summed E-state index contributed by atoms with van der Waals surface area (Å²) in [5, 5.41) is 4.79. The lowest BCUT2D eigenvalue weighted by atomic mass is 10.1. The number of nitrogens with zero attached hydrogens (tertiary/aromatic N) is 3. The summed E-state index contributed by atoms with van der Waals surface area (Å²) in [7, 11) is 1.63. The summed E-state index contributed by atoms with van der Waals surface area (Å²) in [5.41, 5.74) is 2.35. The van der Waals surface area contributed by atoms with Crippen molar-refractivity contribution in [1.82, 2.24) is 19.4 Å². The van der Waals surface area contributed by atoms with Crippen LogP contribution in [-0.2, 0) is 13.6 Å². The molecule has 1 fully saturated rings. The predicted molar refractivity (Wildman–Crippen MR) is 110 cm³/mol. The van der Waals surface area contributed by atoms with E-state index in [0.717, 1.165) is 19.6 Å². The van der Waals surface area contributed by atoms with Crippen molar-refractivity contribution in [1.29, 1.82) is 0 Å². The van der Waals surface area contributed by atoms with Crippen LogP contribution in [0.4, 0.5) is 0 Å². The number of carbonyl (C=O) groups is 1. The first-order valence-electron chi connectivity index (χ1n) is 8.79. The van der Waals surface area contributed by atoms with Gasteiger partial charge in [-0.15, -0.1) is 0 Å². The lowest BCUT2D eigenvalue weighted by molar-refractivity contribution is 0.0629. The van der Waals surface area contributed by atoms with E-state index in [1.165, 1.54) is 10.1 Å². The molecular weight excluding hydrogens is 380 g/mol. The standard InChI is InChI=1S/C19H20N4O2S2/c1-21-18(25)15-3-2-14(10-16(15)20-19(21)26)17(24)23-7-5-22(6-8-23)11-13-4-9-27-12-13/h2-4,9-10,12H,5-8,11H2,1H3,(H,20,26). The van der Waals surface area contributed by atoms with Crippen molar-refractivity contribution in [2.75, 3.05) is 26.2 Å². The number of piperazine rings is 1. The second kappa shape index (κ2) is 7.38. The molecule has 0 aliphatic carbocycles. The molecule has 8 heteroatoms. The number of aromatic amines is 1. The second-order valence-corrected chi connectivity index (χ2v) is 7.92. The van der Waals surface area contributed by atoms with Crippen LogP contribution in [0, 0.1) is 4.77 Å². The summed E-state index contributed by atoms with van der Waals surface area (Å²) in [6.07, 6.45) is 0. The monoisotopic (exact) mass is 400 g/mol. The molecular formula is C19H20N4O2S2. The Morgan fingerprint density at radius 1 is 1.22 bits per heavy atom. The van der Waals surface area contributed by atoms with Crippen LogP contribution in [0.25, 0.3) is 10.9 Å². The molecule has 0 atom stereocenters. The largest absolute Gasteiger partial charge is 0.336 e. The van der Waals surface area contributed by atoms with Gasteiger partial charge in [0.2, 0.25) is 0 Å². The molecule has 1 N–H and O–H groups in total. The zero-order valence-corrected chi connectivity index (χ0v) is 16.6. The van der Waals surface area contributed by atoms with Crippen molar-refractivity contribution >= 4 is 40.4 Å². The number of benzene rings is 1. The van der Waals surface area contributed by atoms with E-state index in [1.807, 2.05) is 4.90 Å². The van der Waals surface area contributed by atoms with Gasteiger partial charge in [0.25, 0.3) is 11.5 Å². The van der Waals surface area contributed by atoms with E-state index in [1.54, 1.807) is 36.6 Å². The first-order chi connectivity index (χ1) is 13.0. The Kier molecular flexibility index (Phi) is 4.94. The lowest BCUT2D eigenvalue weighted by Gasteiger charge is -2.34. The third-order valence-corrected chi connectivity index (χ3v) is 6.10. The molecule has 0 bridgehead atoms. The van der Waals surface area contributed by atoms with Gasteiger partial charge in [0.15, 0.2) is 4.77 Å². The first kappa shape index (κ1) is 18.1. The Bertz CT molecular complexity index is 1090. The van der Waals surface area contributed by atoms with Gasteiger partial charge in [-0.25, -0.2) is 0 Å². The Morgan fingerprint density at radius 3 is 2.70 bits per heavy atom. The van der Waals surface area contributed by atoms with Gasteiger partial charge in [-0.2, -0.15) is 11.3 Å². The van der Waals surface area contributed by atoms with E-state index < -0.39 is 0 Å². The maximum Gasteiger partial charge on any atom is 0.261 e. The Balaban J connectivity index is 1.49. The Hall–Kier alpha value is -2.29. The van der Waals surface area contributed by atoms with E-state index in [4.69, 9.17) is 12.2 Å². The fourth-order valence-electron chi connectivity index (χ4n) is 3.37. The molecule has 3 aromatic rings. The quantitative estimate of drug-likeness (QED) is 0.687. The SMILES string of the molecule is Cn1c(=S)[nH]c2cc(C(=O)N3CCN(Cc4ccsc4)CC3)ccc2c1=O. The highest BCUT2D eigenvalue weighted by Crippen LogP contribution is 2.16. The molecule has 1 aromatic carbocycles. The molecule has 0 radical (unpaired) electrons. The normalized spacial score (nSPS) is 15.4. The molecule has 27 heavy (non-hydrogen) atoms. The van der Waals surface area contributed by atoms with Gasteiger partial charge < -0.3 is 9.88 Å². The molecule has 1 aliphatic heterocycles. The second-order valence-electron chi connectivity index (χ2n) is 6.75. The number of rotatable bonds is 3. The molecule has 0 unspecified atom stereocenters. The van der Waals surface area contributed by atoms with Crippen molar-refractivity contribution in [2.24, 2.45) is 7.05 Å². The minimum atomic E-state index is -0.158. The van der Waals surface area contributed by atoms with Crippen LogP contribution in [0.2, 0.25) is 0 Å². The highest BCUT2D eigenvalue weighted by molar-refractivity contribution is 7.71. The molecule has 1 aliphatic rings. The number of aromatic nitrogens is 2. The molecule has 4 rings (SSSR count). The molecule has 3 heterocycles. The minimum absolute atomic E-state index is 0.00733. The van der Waals surface area contributed by atoms with Gasteiger partial charge in [0, 0.05) is 45.3 Å². The smallest absolute Gasteiger partial charge is 0.261 e. The number of hydrogen-bond acceptors (Lipinski definition) is 5. The summed E-state index contributed by atoms with van der Waals surface area (Å²) in [4.78, 5) is 32.4. The Labute approximate surface area is 165 Å². The van der Waals surface area contributed by atoms with Crippen molar-refractivity contribution < 1.29 is 4.79 Å². The summed E-state index contributed by atoms with van der Waals surface area (Å²) in [5.74, 6) is -0.00733. The maximum atomic E-state index is 12.9. The van der Waals surface area contributed by atoms with Crippen molar-refractivity contribution in [3.05, 3.63) is 61.3 Å². The average molecular weight is 401 g/mol. The van der Waals surface area contributed by atoms with Crippen LogP contribution < -0.4 is 5.56 Å². The molecule has 0 saturated carbocycles. The van der Waals surface area contributed by atoms with Crippen LogP contribution in [0.15, 0.2) is 39.8 Å². The summed E-state index contributed by atoms with van der Waals surface area (Å²) < 4.78 is 1.74. The van der Waals surface area contributed by atoms with Crippen molar-refractivity contribution in [3.8, 4) is 0 Å². The van der Waals surface area contributed by atoms with Gasteiger partial charge in [-0.3, -0.25) is 19.1 Å². The van der Waals surface area contributed by atoms with Crippen molar-refractivity contribution in [2.45, 2.75) is 6.54 Å². The molecule has 140 valence electrons. The van der Waals surface area contributed by atoms with E-state index >= 15 is 0 Å². The van der Waals surface area contributed by atoms with Crippen LogP contribution in [0.5, 0.6) is 0 Å². The summed E-state index contributed by atoms with van der Waals surface area (Å²) in [6.45, 7) is 4.05. The molecule has 6 nitrogen and oxygen atoms in total. The number of thiophene rings is 1. The molecule has 1 amide bonds. The Morgan fingerprint density at radius 2 is 2.00 bits per heavy atom. The van der Waals surface area contributed by atoms with Gasteiger partial charge in [-0.1, -0.05) is 0 Å². The lowest BCUT2D eigenvalue weighted by Crippen LogP contribution is -2.48. The first-order valence-corrected chi connectivity index (χ1v) is 10.1. The third-order valence-electron chi connectivity index (χ3n) is 4.99. The van der Waals surface area contributed by atoms with Gasteiger partial charge >= 0.3 is 0 Å². The number of carbonyl (C=O) groups excluding carboxylic acids is 1. The minimum Gasteiger partial charge on any atom is -0.336 e. The van der Waals surface area contributed by atoms with E-state index in [9.17, 15) is 9.59 Å². The number of H-pyrrole nitrogens is 1. The average Bonchev–Trinajstić information content (AvgIpc) is 3.19. The number of hydrogen-bond donors (Lipinski definition) is 1. The number of fused-ring (bicyclic) bond motifs is 1. The fraction of sp³-hybridized carbons (Fsp3) is 0.316. The predicted octanol–water partition coefficient (Wildman–Crippen LogP) is 2.62. The topological polar surface area (TPSA) is 61.3 Å². The van der Waals surface area contributed by atoms with Crippen LogP contribution in [-0.4, -0.2) is 51.4 Å². The highest BCUT2D eigenvalue weighted by Gasteiger charge is 2.22. The number of nitrogens with one attached hydrogen (secondary N) is 1. The van der Waals surface area contributed by atoms with E-state index in [0.29, 0.717) is 34.3 Å². The summed E-state index contributed by atoms with van der Waals surface area (Å²) in [6, 6.07) is 7.29. The van der Waals surface area contributed by atoms with Gasteiger partial charge in [0.05, 0.1) is 10.9 Å². The third kappa shape index (κ3) is 3.60. The van der Waals surface area contributed by atoms with Crippen LogP contribution in [0.3, 0.4) is 0 Å². The molecule has 0 spiro atoms. The highest BCUT2D eigenvalue weighted by atomic mass is 32.1. The van der Waals surface area contributed by atoms with Crippen molar-refractivity contribution in [3.63, 3.8) is 0 Å². The zero-order chi connectivity index (χ0) is 19.0. The maximum absolute atomic E-state index is 12.9. The fourth-order valence-corrected chi connectivity index (χ4v) is 4.22. The van der Waals surface area contributed by atoms with Gasteiger partial charge in [0.1, 0.15) is 0 Å². The van der Waals surface area contributed by atoms with Crippen LogP contribution >= 0.6 is 23.6 Å².